The maximum absolute atomic E-state index is 15.0. The molecule has 0 unspecified atom stereocenters. The van der Waals surface area contributed by atoms with Gasteiger partial charge in [-0.05, 0) is 69.7 Å². The Morgan fingerprint density at radius 1 is 1.05 bits per heavy atom. The molecule has 1 amide bonds. The summed E-state index contributed by atoms with van der Waals surface area (Å²) in [6.45, 7) is 6.27. The molecule has 0 aromatic heterocycles. The van der Waals surface area contributed by atoms with Gasteiger partial charge >= 0.3 is 18.0 Å². The van der Waals surface area contributed by atoms with Gasteiger partial charge in [0.15, 0.2) is 0 Å². The molecule has 0 saturated carbocycles. The summed E-state index contributed by atoms with van der Waals surface area (Å²) in [6, 6.07) is 11.7. The zero-order chi connectivity index (χ0) is 27.9. The molecule has 3 rings (SSSR count). The monoisotopic (exact) mass is 527 g/mol. The van der Waals surface area contributed by atoms with Crippen molar-refractivity contribution in [3.05, 3.63) is 48.0 Å². The van der Waals surface area contributed by atoms with E-state index in [-0.39, 0.29) is 36.9 Å². The van der Waals surface area contributed by atoms with Crippen molar-refractivity contribution in [3.8, 4) is 12.3 Å². The molecule has 6 nitrogen and oxygen atoms in total. The molecule has 0 bridgehead atoms. The van der Waals surface area contributed by atoms with Crippen molar-refractivity contribution in [2.45, 2.75) is 64.4 Å². The SMILES string of the molecule is C#C[C@H](CCCCOC(=O)C1CCN(C(=O)OC(C)(C)C)CC1)C(F)(F)C(=O)c1ccc2ccccc2c1. The van der Waals surface area contributed by atoms with Crippen molar-refractivity contribution in [2.24, 2.45) is 11.8 Å². The van der Waals surface area contributed by atoms with Gasteiger partial charge in [-0.15, -0.1) is 6.42 Å². The molecule has 0 radical (unpaired) electrons. The number of ketones is 1. The number of carbonyl (C=O) groups is 3. The third-order valence-corrected chi connectivity index (χ3v) is 6.56. The van der Waals surface area contributed by atoms with E-state index in [1.54, 1.807) is 43.9 Å². The van der Waals surface area contributed by atoms with Gasteiger partial charge in [-0.3, -0.25) is 9.59 Å². The number of alkyl halides is 2. The second kappa shape index (κ2) is 12.4. The van der Waals surface area contributed by atoms with Crippen molar-refractivity contribution < 1.29 is 32.6 Å². The molecule has 2 aromatic carbocycles. The van der Waals surface area contributed by atoms with Crippen molar-refractivity contribution in [2.75, 3.05) is 19.7 Å². The number of benzene rings is 2. The second-order valence-electron chi connectivity index (χ2n) is 10.6. The van der Waals surface area contributed by atoms with E-state index in [0.717, 1.165) is 5.39 Å². The lowest BCUT2D eigenvalue weighted by atomic mass is 9.89. The first kappa shape index (κ1) is 29.1. The predicted molar refractivity (Wildman–Crippen MR) is 141 cm³/mol. The number of hydrogen-bond donors (Lipinski definition) is 0. The minimum absolute atomic E-state index is 0.0748. The molecule has 2 aromatic rings. The van der Waals surface area contributed by atoms with Crippen LogP contribution < -0.4 is 0 Å². The van der Waals surface area contributed by atoms with Gasteiger partial charge < -0.3 is 14.4 Å². The molecule has 0 spiro atoms. The average molecular weight is 528 g/mol. The van der Waals surface area contributed by atoms with Gasteiger partial charge in [0.05, 0.1) is 18.4 Å². The number of terminal acetylenes is 1. The molecule has 1 saturated heterocycles. The molecule has 0 N–H and O–H groups in total. The van der Waals surface area contributed by atoms with Crippen LogP contribution in [0, 0.1) is 24.2 Å². The number of ether oxygens (including phenoxy) is 2. The van der Waals surface area contributed by atoms with E-state index < -0.39 is 29.3 Å². The Hall–Kier alpha value is -3.47. The molecule has 1 fully saturated rings. The maximum atomic E-state index is 15.0. The van der Waals surface area contributed by atoms with Crippen molar-refractivity contribution in [3.63, 3.8) is 0 Å². The Labute approximate surface area is 222 Å². The fraction of sp³-hybridized carbons (Fsp3) is 0.500. The molecule has 1 aliphatic rings. The Morgan fingerprint density at radius 3 is 2.34 bits per heavy atom. The number of esters is 1. The topological polar surface area (TPSA) is 72.9 Å². The fourth-order valence-electron chi connectivity index (χ4n) is 4.42. The summed E-state index contributed by atoms with van der Waals surface area (Å²) >= 11 is 0. The van der Waals surface area contributed by atoms with Gasteiger partial charge in [0.2, 0.25) is 5.78 Å². The number of halogens is 2. The Kier molecular flexibility index (Phi) is 9.48. The summed E-state index contributed by atoms with van der Waals surface area (Å²) in [5, 5.41) is 1.55. The number of unbranched alkanes of at least 4 members (excludes halogenated alkanes) is 1. The summed E-state index contributed by atoms with van der Waals surface area (Å²) in [4.78, 5) is 38.8. The number of rotatable bonds is 9. The molecular formula is C30H35F2NO5. The maximum Gasteiger partial charge on any atom is 0.410 e. The molecule has 0 aliphatic carbocycles. The zero-order valence-corrected chi connectivity index (χ0v) is 22.2. The third kappa shape index (κ3) is 7.53. The van der Waals surface area contributed by atoms with Crippen LogP contribution in [0.2, 0.25) is 0 Å². The van der Waals surface area contributed by atoms with E-state index in [4.69, 9.17) is 15.9 Å². The smallest absolute Gasteiger partial charge is 0.410 e. The van der Waals surface area contributed by atoms with Crippen molar-refractivity contribution >= 4 is 28.6 Å². The Bertz CT molecular complexity index is 1190. The minimum atomic E-state index is -3.71. The largest absolute Gasteiger partial charge is 0.465 e. The lowest BCUT2D eigenvalue weighted by Crippen LogP contribution is -2.43. The molecule has 8 heteroatoms. The standard InChI is InChI=1S/C30H35F2NO5/c1-5-25(30(31,32)26(34)24-14-13-21-10-6-7-11-23(21)20-24)12-8-9-19-37-27(35)22-15-17-33(18-16-22)28(36)38-29(2,3)4/h1,6-7,10-11,13-14,20,22,25H,8-9,12,15-19H2,2-4H3/t25-/m1/s1. The molecule has 1 heterocycles. The molecule has 1 aliphatic heterocycles. The summed E-state index contributed by atoms with van der Waals surface area (Å²) < 4.78 is 40.7. The van der Waals surface area contributed by atoms with Crippen LogP contribution >= 0.6 is 0 Å². The number of hydrogen-bond acceptors (Lipinski definition) is 5. The van der Waals surface area contributed by atoms with Crippen LogP contribution in [-0.4, -0.2) is 54.0 Å². The number of Topliss-reactive ketones (excluding diaryl/α,β-unsaturated/α-hetero) is 1. The van der Waals surface area contributed by atoms with Crippen LogP contribution in [0.5, 0.6) is 0 Å². The van der Waals surface area contributed by atoms with Gasteiger partial charge in [-0.1, -0.05) is 42.3 Å². The number of piperidine rings is 1. The van der Waals surface area contributed by atoms with E-state index in [9.17, 15) is 14.4 Å². The van der Waals surface area contributed by atoms with E-state index >= 15 is 8.78 Å². The van der Waals surface area contributed by atoms with E-state index in [0.29, 0.717) is 37.7 Å². The highest BCUT2D eigenvalue weighted by molar-refractivity contribution is 6.04. The van der Waals surface area contributed by atoms with Crippen LogP contribution in [0.4, 0.5) is 13.6 Å². The number of amides is 1. The number of nitrogens with zero attached hydrogens (tertiary/aromatic N) is 1. The van der Waals surface area contributed by atoms with Gasteiger partial charge in [-0.2, -0.15) is 8.78 Å². The Morgan fingerprint density at radius 2 is 1.71 bits per heavy atom. The normalized spacial score (nSPS) is 15.5. The van der Waals surface area contributed by atoms with Crippen molar-refractivity contribution in [1.82, 2.24) is 4.90 Å². The van der Waals surface area contributed by atoms with Crippen LogP contribution in [0.25, 0.3) is 10.8 Å². The van der Waals surface area contributed by atoms with Gasteiger partial charge in [0.25, 0.3) is 0 Å². The first-order valence-electron chi connectivity index (χ1n) is 12.9. The number of carbonyl (C=O) groups excluding carboxylic acids is 3. The quantitative estimate of drug-likeness (QED) is 0.166. The third-order valence-electron chi connectivity index (χ3n) is 6.56. The molecule has 204 valence electrons. The number of fused-ring (bicyclic) bond motifs is 1. The highest BCUT2D eigenvalue weighted by Crippen LogP contribution is 2.33. The predicted octanol–water partition coefficient (Wildman–Crippen LogP) is 6.27. The lowest BCUT2D eigenvalue weighted by molar-refractivity contribution is -0.150. The average Bonchev–Trinajstić information content (AvgIpc) is 2.88. The zero-order valence-electron chi connectivity index (χ0n) is 22.2. The van der Waals surface area contributed by atoms with Crippen LogP contribution in [0.1, 0.15) is 63.2 Å². The van der Waals surface area contributed by atoms with Crippen molar-refractivity contribution in [1.29, 1.82) is 0 Å². The first-order chi connectivity index (χ1) is 17.9. The summed E-state index contributed by atoms with van der Waals surface area (Å²) in [5.41, 5.74) is -0.667. The van der Waals surface area contributed by atoms with Gasteiger partial charge in [0.1, 0.15) is 5.60 Å². The van der Waals surface area contributed by atoms with Gasteiger partial charge in [-0.25, -0.2) is 4.79 Å². The van der Waals surface area contributed by atoms with E-state index in [1.807, 2.05) is 12.1 Å². The fourth-order valence-corrected chi connectivity index (χ4v) is 4.42. The summed E-state index contributed by atoms with van der Waals surface area (Å²) in [5.74, 6) is -5.17. The van der Waals surface area contributed by atoms with Gasteiger partial charge in [0, 0.05) is 18.7 Å². The molecule has 38 heavy (non-hydrogen) atoms. The minimum Gasteiger partial charge on any atom is -0.465 e. The van der Waals surface area contributed by atoms with E-state index in [2.05, 4.69) is 5.92 Å². The van der Waals surface area contributed by atoms with Crippen LogP contribution in [0.3, 0.4) is 0 Å². The first-order valence-corrected chi connectivity index (χ1v) is 12.9. The number of likely N-dealkylation sites (tertiary alicyclic amines) is 1. The van der Waals surface area contributed by atoms with Crippen LogP contribution in [0.15, 0.2) is 42.5 Å². The molecule has 1 atom stereocenters. The highest BCUT2D eigenvalue weighted by atomic mass is 19.3. The Balaban J connectivity index is 1.42. The summed E-state index contributed by atoms with van der Waals surface area (Å²) in [6.07, 6.45) is 6.48. The lowest BCUT2D eigenvalue weighted by Gasteiger charge is -2.32. The van der Waals surface area contributed by atoms with Crippen LogP contribution in [-0.2, 0) is 14.3 Å². The second-order valence-corrected chi connectivity index (χ2v) is 10.6. The molecular weight excluding hydrogens is 492 g/mol. The van der Waals surface area contributed by atoms with E-state index in [1.165, 1.54) is 12.1 Å². The summed E-state index contributed by atoms with van der Waals surface area (Å²) in [7, 11) is 0. The highest BCUT2D eigenvalue weighted by Gasteiger charge is 2.46.